The number of nitrogens with zero attached hydrogens (tertiary/aromatic N) is 1. The molecule has 2 aliphatic carbocycles. The minimum atomic E-state index is -0.538. The fourth-order valence-electron chi connectivity index (χ4n) is 4.45. The summed E-state index contributed by atoms with van der Waals surface area (Å²) in [6.45, 7) is 0. The zero-order chi connectivity index (χ0) is 15.0. The van der Waals surface area contributed by atoms with Crippen molar-refractivity contribution >= 4 is 16.7 Å². The predicted octanol–water partition coefficient (Wildman–Crippen LogP) is 4.12. The lowest BCUT2D eigenvalue weighted by Gasteiger charge is -2.49. The second kappa shape index (κ2) is 5.54. The van der Waals surface area contributed by atoms with E-state index >= 15 is 0 Å². The zero-order valence-electron chi connectivity index (χ0n) is 13.0. The number of anilines is 1. The molecule has 2 aliphatic rings. The third kappa shape index (κ3) is 2.38. The highest BCUT2D eigenvalue weighted by Gasteiger charge is 2.47. The van der Waals surface area contributed by atoms with Crippen molar-refractivity contribution in [1.29, 1.82) is 0 Å². The Morgan fingerprint density at radius 3 is 2.82 bits per heavy atom. The molecule has 3 nitrogen and oxygen atoms in total. The van der Waals surface area contributed by atoms with Crippen molar-refractivity contribution < 1.29 is 5.11 Å². The third-order valence-corrected chi connectivity index (χ3v) is 5.66. The zero-order valence-corrected chi connectivity index (χ0v) is 13.0. The molecule has 0 amide bonds. The normalized spacial score (nSPS) is 31.7. The van der Waals surface area contributed by atoms with Gasteiger partial charge < -0.3 is 10.4 Å². The Labute approximate surface area is 131 Å². The molecule has 2 aromatic rings. The van der Waals surface area contributed by atoms with Gasteiger partial charge in [0.05, 0.1) is 17.2 Å². The van der Waals surface area contributed by atoms with Crippen LogP contribution in [0.1, 0.15) is 44.9 Å². The van der Waals surface area contributed by atoms with Crippen LogP contribution in [0.4, 0.5) is 5.82 Å². The summed E-state index contributed by atoms with van der Waals surface area (Å²) in [6, 6.07) is 12.5. The lowest BCUT2D eigenvalue weighted by Crippen LogP contribution is -2.56. The predicted molar refractivity (Wildman–Crippen MR) is 89.9 cm³/mol. The molecule has 116 valence electrons. The van der Waals surface area contributed by atoms with Gasteiger partial charge in [0.2, 0.25) is 0 Å². The maximum atomic E-state index is 11.2. The first-order valence-corrected chi connectivity index (χ1v) is 8.60. The molecule has 0 radical (unpaired) electrons. The maximum Gasteiger partial charge on any atom is 0.126 e. The van der Waals surface area contributed by atoms with Gasteiger partial charge in [-0.25, -0.2) is 4.98 Å². The van der Waals surface area contributed by atoms with Gasteiger partial charge in [0.25, 0.3) is 0 Å². The van der Waals surface area contributed by atoms with E-state index in [0.29, 0.717) is 5.92 Å². The van der Waals surface area contributed by atoms with Crippen LogP contribution in [-0.4, -0.2) is 21.7 Å². The topological polar surface area (TPSA) is 45.1 Å². The van der Waals surface area contributed by atoms with Crippen LogP contribution in [0, 0.1) is 5.92 Å². The molecule has 0 unspecified atom stereocenters. The molecule has 2 N–H and O–H groups in total. The minimum Gasteiger partial charge on any atom is -0.387 e. The van der Waals surface area contributed by atoms with Crippen LogP contribution in [0.15, 0.2) is 36.4 Å². The molecule has 4 rings (SSSR count). The molecular formula is C19H24N2O. The second-order valence-corrected chi connectivity index (χ2v) is 6.95. The first-order valence-electron chi connectivity index (χ1n) is 8.60. The number of aliphatic hydroxyl groups is 1. The first-order chi connectivity index (χ1) is 10.8. The van der Waals surface area contributed by atoms with Crippen molar-refractivity contribution in [3.05, 3.63) is 36.4 Å². The van der Waals surface area contributed by atoms with Crippen LogP contribution in [0.2, 0.25) is 0 Å². The van der Waals surface area contributed by atoms with Crippen molar-refractivity contribution in [2.45, 2.75) is 56.6 Å². The van der Waals surface area contributed by atoms with Crippen molar-refractivity contribution in [1.82, 2.24) is 4.98 Å². The van der Waals surface area contributed by atoms with Gasteiger partial charge in [-0.3, -0.25) is 0 Å². The summed E-state index contributed by atoms with van der Waals surface area (Å²) in [5.41, 5.74) is 0.472. The molecule has 0 spiro atoms. The molecule has 1 aromatic heterocycles. The molecule has 0 aliphatic heterocycles. The standard InChI is InChI=1S/C19H24N2O/c22-19-13-4-3-7-15(19)8-5-10-17(19)21-18-12-11-14-6-1-2-9-16(14)20-18/h1-2,6,9,11-12,15,17,22H,3-5,7-8,10,13H2,(H,20,21)/t15-,17+,19-/m1/s1. The summed E-state index contributed by atoms with van der Waals surface area (Å²) >= 11 is 0. The third-order valence-electron chi connectivity index (χ3n) is 5.66. The molecule has 2 saturated carbocycles. The SMILES string of the molecule is O[C@]12CCCC[C@@H]1CCC[C@@H]2Nc1ccc2ccccc2n1. The summed E-state index contributed by atoms with van der Waals surface area (Å²) < 4.78 is 0. The minimum absolute atomic E-state index is 0.139. The lowest BCUT2D eigenvalue weighted by atomic mass is 9.65. The van der Waals surface area contributed by atoms with Gasteiger partial charge in [-0.1, -0.05) is 37.5 Å². The van der Waals surface area contributed by atoms with E-state index in [4.69, 9.17) is 4.98 Å². The Morgan fingerprint density at radius 1 is 1.00 bits per heavy atom. The van der Waals surface area contributed by atoms with Crippen molar-refractivity contribution in [3.8, 4) is 0 Å². The summed E-state index contributed by atoms with van der Waals surface area (Å²) in [4.78, 5) is 4.72. The number of hydrogen-bond donors (Lipinski definition) is 2. The van der Waals surface area contributed by atoms with Gasteiger partial charge >= 0.3 is 0 Å². The van der Waals surface area contributed by atoms with Crippen LogP contribution in [0.3, 0.4) is 0 Å². The van der Waals surface area contributed by atoms with Gasteiger partial charge in [0.15, 0.2) is 0 Å². The highest BCUT2D eigenvalue weighted by atomic mass is 16.3. The Balaban J connectivity index is 1.60. The molecule has 1 heterocycles. The van der Waals surface area contributed by atoms with E-state index < -0.39 is 5.60 Å². The summed E-state index contributed by atoms with van der Waals surface area (Å²) in [7, 11) is 0. The highest BCUT2D eigenvalue weighted by molar-refractivity contribution is 5.80. The average molecular weight is 296 g/mol. The van der Waals surface area contributed by atoms with E-state index in [0.717, 1.165) is 36.0 Å². The van der Waals surface area contributed by atoms with Crippen molar-refractivity contribution in [2.75, 3.05) is 5.32 Å². The largest absolute Gasteiger partial charge is 0.387 e. The Kier molecular flexibility index (Phi) is 3.53. The Bertz CT molecular complexity index is 669. The van der Waals surface area contributed by atoms with E-state index in [-0.39, 0.29) is 6.04 Å². The number of pyridine rings is 1. The van der Waals surface area contributed by atoms with Gasteiger partial charge in [-0.05, 0) is 49.8 Å². The monoisotopic (exact) mass is 296 g/mol. The molecule has 2 fully saturated rings. The second-order valence-electron chi connectivity index (χ2n) is 6.95. The van der Waals surface area contributed by atoms with Gasteiger partial charge in [-0.15, -0.1) is 0 Å². The summed E-state index contributed by atoms with van der Waals surface area (Å²) in [6.07, 6.45) is 7.96. The number of rotatable bonds is 2. The Morgan fingerprint density at radius 2 is 1.86 bits per heavy atom. The quantitative estimate of drug-likeness (QED) is 0.876. The number of para-hydroxylation sites is 1. The number of hydrogen-bond acceptors (Lipinski definition) is 3. The van der Waals surface area contributed by atoms with Gasteiger partial charge in [0, 0.05) is 5.39 Å². The van der Waals surface area contributed by atoms with Crippen molar-refractivity contribution in [2.24, 2.45) is 5.92 Å². The molecular weight excluding hydrogens is 272 g/mol. The maximum absolute atomic E-state index is 11.2. The van der Waals surface area contributed by atoms with Crippen molar-refractivity contribution in [3.63, 3.8) is 0 Å². The molecule has 3 heteroatoms. The number of nitrogens with one attached hydrogen (secondary N) is 1. The van der Waals surface area contributed by atoms with E-state index in [1.165, 1.54) is 25.7 Å². The first kappa shape index (κ1) is 14.0. The fraction of sp³-hybridized carbons (Fsp3) is 0.526. The lowest BCUT2D eigenvalue weighted by molar-refractivity contribution is -0.0836. The highest BCUT2D eigenvalue weighted by Crippen LogP contribution is 2.44. The average Bonchev–Trinajstić information content (AvgIpc) is 2.55. The van der Waals surface area contributed by atoms with E-state index in [1.54, 1.807) is 0 Å². The molecule has 0 bridgehead atoms. The van der Waals surface area contributed by atoms with Crippen LogP contribution in [-0.2, 0) is 0 Å². The van der Waals surface area contributed by atoms with Crippen LogP contribution < -0.4 is 5.32 Å². The van der Waals surface area contributed by atoms with Crippen LogP contribution in [0.25, 0.3) is 10.9 Å². The molecule has 3 atom stereocenters. The number of aromatic nitrogens is 1. The van der Waals surface area contributed by atoms with Crippen LogP contribution in [0.5, 0.6) is 0 Å². The molecule has 1 aromatic carbocycles. The van der Waals surface area contributed by atoms with Crippen LogP contribution >= 0.6 is 0 Å². The van der Waals surface area contributed by atoms with E-state index in [9.17, 15) is 5.11 Å². The summed E-state index contributed by atoms with van der Waals surface area (Å²) in [5, 5.41) is 15.9. The molecule has 0 saturated heterocycles. The van der Waals surface area contributed by atoms with Gasteiger partial charge in [0.1, 0.15) is 5.82 Å². The van der Waals surface area contributed by atoms with E-state index in [1.807, 2.05) is 24.3 Å². The van der Waals surface area contributed by atoms with Gasteiger partial charge in [-0.2, -0.15) is 0 Å². The van der Waals surface area contributed by atoms with E-state index in [2.05, 4.69) is 17.4 Å². The Hall–Kier alpha value is -1.61. The number of fused-ring (bicyclic) bond motifs is 2. The molecule has 22 heavy (non-hydrogen) atoms. The summed E-state index contributed by atoms with van der Waals surface area (Å²) in [5.74, 6) is 1.36. The number of benzene rings is 1. The fourth-order valence-corrected chi connectivity index (χ4v) is 4.45. The smallest absolute Gasteiger partial charge is 0.126 e.